The normalized spacial score (nSPS) is 11.9. The van der Waals surface area contributed by atoms with Crippen molar-refractivity contribution in [1.82, 2.24) is 14.8 Å². The van der Waals surface area contributed by atoms with Gasteiger partial charge in [0.15, 0.2) is 0 Å². The quantitative estimate of drug-likeness (QED) is 0.368. The summed E-state index contributed by atoms with van der Waals surface area (Å²) in [5.74, 6) is -0.634. The number of ether oxygens (including phenoxy) is 2. The average Bonchev–Trinajstić information content (AvgIpc) is 3.22. The van der Waals surface area contributed by atoms with Gasteiger partial charge in [0.25, 0.3) is 0 Å². The van der Waals surface area contributed by atoms with E-state index in [0.29, 0.717) is 30.8 Å². The summed E-state index contributed by atoms with van der Waals surface area (Å²) in [5, 5.41) is 14.1. The van der Waals surface area contributed by atoms with Crippen LogP contribution in [0.15, 0.2) is 60.7 Å². The van der Waals surface area contributed by atoms with Crippen molar-refractivity contribution in [2.24, 2.45) is 0 Å². The van der Waals surface area contributed by atoms with E-state index in [1.807, 2.05) is 67.1 Å². The van der Waals surface area contributed by atoms with Crippen molar-refractivity contribution in [3.63, 3.8) is 0 Å². The van der Waals surface area contributed by atoms with Crippen LogP contribution >= 0.6 is 0 Å². The van der Waals surface area contributed by atoms with Gasteiger partial charge in [0, 0.05) is 27.1 Å². The summed E-state index contributed by atoms with van der Waals surface area (Å²) in [6.07, 6.45) is 5.13. The topological polar surface area (TPSA) is 86.5 Å². The fourth-order valence-electron chi connectivity index (χ4n) is 3.64. The Hall–Kier alpha value is -3.29. The van der Waals surface area contributed by atoms with E-state index in [2.05, 4.69) is 5.10 Å². The van der Waals surface area contributed by atoms with Crippen molar-refractivity contribution in [3.8, 4) is 11.1 Å². The van der Waals surface area contributed by atoms with Crippen LogP contribution in [0, 0.1) is 0 Å². The Bertz CT molecular complexity index is 1070. The highest BCUT2D eigenvalue weighted by molar-refractivity contribution is 5.95. The van der Waals surface area contributed by atoms with Gasteiger partial charge in [-0.2, -0.15) is 0 Å². The second-order valence-corrected chi connectivity index (χ2v) is 7.34. The molecular weight excluding hydrogens is 406 g/mol. The van der Waals surface area contributed by atoms with Crippen LogP contribution in [0.4, 0.5) is 0 Å². The van der Waals surface area contributed by atoms with Gasteiger partial charge < -0.3 is 14.6 Å². The molecule has 0 radical (unpaired) electrons. The van der Waals surface area contributed by atoms with Crippen molar-refractivity contribution < 1.29 is 19.4 Å². The van der Waals surface area contributed by atoms with Crippen LogP contribution < -0.4 is 0 Å². The maximum absolute atomic E-state index is 11.5. The van der Waals surface area contributed by atoms with E-state index < -0.39 is 11.8 Å². The summed E-state index contributed by atoms with van der Waals surface area (Å²) in [5.41, 5.74) is 2.87. The van der Waals surface area contributed by atoms with Crippen LogP contribution in [0.5, 0.6) is 0 Å². The minimum Gasteiger partial charge on any atom is -0.478 e. The largest absolute Gasteiger partial charge is 0.478 e. The number of methoxy groups -OCH3 is 2. The highest BCUT2D eigenvalue weighted by Crippen LogP contribution is 2.28. The fraction of sp³-hybridized carbons (Fsp3) is 0.320. The first kappa shape index (κ1) is 23.4. The van der Waals surface area contributed by atoms with Gasteiger partial charge in [0.1, 0.15) is 5.82 Å². The summed E-state index contributed by atoms with van der Waals surface area (Å²) >= 11 is 0. The summed E-state index contributed by atoms with van der Waals surface area (Å²) < 4.78 is 13.1. The van der Waals surface area contributed by atoms with Gasteiger partial charge in [-0.15, -0.1) is 5.10 Å². The molecule has 0 aliphatic heterocycles. The second kappa shape index (κ2) is 10.3. The molecule has 1 N–H and O–H groups in total. The van der Waals surface area contributed by atoms with Crippen molar-refractivity contribution >= 4 is 5.97 Å². The molecule has 0 aliphatic carbocycles. The fourth-order valence-corrected chi connectivity index (χ4v) is 3.64. The van der Waals surface area contributed by atoms with E-state index in [0.717, 1.165) is 17.0 Å². The lowest BCUT2D eigenvalue weighted by atomic mass is 9.98. The summed E-state index contributed by atoms with van der Waals surface area (Å²) in [6, 6.07) is 14.8. The molecule has 0 fully saturated rings. The smallest absolute Gasteiger partial charge is 0.336 e. The molecule has 0 atom stereocenters. The van der Waals surface area contributed by atoms with Crippen molar-refractivity contribution in [2.75, 3.05) is 14.2 Å². The zero-order valence-corrected chi connectivity index (χ0v) is 18.9. The molecule has 3 rings (SSSR count). The predicted octanol–water partition coefficient (Wildman–Crippen LogP) is 4.67. The minimum atomic E-state index is -0.986. The summed E-state index contributed by atoms with van der Waals surface area (Å²) in [4.78, 5) is 16.3. The molecule has 0 unspecified atom stereocenters. The zero-order chi connectivity index (χ0) is 23.1. The van der Waals surface area contributed by atoms with Gasteiger partial charge in [-0.05, 0) is 29.7 Å². The van der Waals surface area contributed by atoms with Crippen LogP contribution in [-0.4, -0.2) is 40.1 Å². The average molecular weight is 436 g/mol. The molecule has 1 heterocycles. The lowest BCUT2D eigenvalue weighted by Crippen LogP contribution is -2.31. The number of nitrogens with zero attached hydrogens (tertiary/aromatic N) is 3. The highest BCUT2D eigenvalue weighted by atomic mass is 16.7. The standard InChI is InChI=1S/C25H29N3O4/c1-5-7-16-28-22(26-24(27-28)25(6-2,31-3)32-4)17-18-12-14-19(15-13-18)20-10-8-9-11-21(20)23(29)30/h5,7-15H,6,16-17H2,1-4H3,(H,29,30)/b7-5+. The van der Waals surface area contributed by atoms with Gasteiger partial charge in [-0.1, -0.05) is 61.5 Å². The number of aromatic carboxylic acids is 1. The van der Waals surface area contributed by atoms with Crippen molar-refractivity contribution in [1.29, 1.82) is 0 Å². The zero-order valence-electron chi connectivity index (χ0n) is 18.9. The lowest BCUT2D eigenvalue weighted by molar-refractivity contribution is -0.222. The van der Waals surface area contributed by atoms with E-state index in [1.165, 1.54) is 0 Å². The van der Waals surface area contributed by atoms with E-state index in [-0.39, 0.29) is 5.56 Å². The molecule has 0 spiro atoms. The molecule has 3 aromatic rings. The van der Waals surface area contributed by atoms with Gasteiger partial charge in [0.05, 0.1) is 12.1 Å². The number of aromatic nitrogens is 3. The number of allylic oxidation sites excluding steroid dienone is 2. The van der Waals surface area contributed by atoms with Crippen molar-refractivity contribution in [3.05, 3.63) is 83.5 Å². The number of carboxylic acids is 1. The molecule has 7 heteroatoms. The highest BCUT2D eigenvalue weighted by Gasteiger charge is 2.35. The molecule has 32 heavy (non-hydrogen) atoms. The molecule has 7 nitrogen and oxygen atoms in total. The van der Waals surface area contributed by atoms with Crippen LogP contribution in [-0.2, 0) is 28.2 Å². The third-order valence-corrected chi connectivity index (χ3v) is 5.51. The number of benzene rings is 2. The van der Waals surface area contributed by atoms with E-state index in [1.54, 1.807) is 26.4 Å². The van der Waals surface area contributed by atoms with Crippen LogP contribution in [0.3, 0.4) is 0 Å². The molecular formula is C25H29N3O4. The van der Waals surface area contributed by atoms with E-state index in [4.69, 9.17) is 14.5 Å². The molecule has 1 aromatic heterocycles. The first-order valence-electron chi connectivity index (χ1n) is 10.5. The third-order valence-electron chi connectivity index (χ3n) is 5.51. The van der Waals surface area contributed by atoms with Crippen molar-refractivity contribution in [2.45, 2.75) is 39.0 Å². The first-order chi connectivity index (χ1) is 15.5. The lowest BCUT2D eigenvalue weighted by Gasteiger charge is -2.26. The van der Waals surface area contributed by atoms with Crippen LogP contribution in [0.2, 0.25) is 0 Å². The molecule has 0 saturated heterocycles. The Kier molecular flexibility index (Phi) is 7.56. The number of carbonyl (C=O) groups is 1. The molecule has 2 aromatic carbocycles. The Morgan fingerprint density at radius 1 is 1.12 bits per heavy atom. The summed E-state index contributed by atoms with van der Waals surface area (Å²) in [7, 11) is 3.18. The SMILES string of the molecule is C/C=C/Cn1nc(C(CC)(OC)OC)nc1Cc1ccc(-c2ccccc2C(=O)O)cc1. The third kappa shape index (κ3) is 4.79. The molecule has 168 valence electrons. The Morgan fingerprint density at radius 3 is 2.41 bits per heavy atom. The summed E-state index contributed by atoms with van der Waals surface area (Å²) in [6.45, 7) is 4.52. The van der Waals surface area contributed by atoms with E-state index in [9.17, 15) is 9.90 Å². The Morgan fingerprint density at radius 2 is 1.81 bits per heavy atom. The Labute approximate surface area is 188 Å². The van der Waals surface area contributed by atoms with Gasteiger partial charge in [-0.25, -0.2) is 14.5 Å². The van der Waals surface area contributed by atoms with Crippen LogP contribution in [0.1, 0.15) is 47.8 Å². The first-order valence-corrected chi connectivity index (χ1v) is 10.5. The molecule has 0 amide bonds. The number of rotatable bonds is 10. The van der Waals surface area contributed by atoms with Crippen LogP contribution in [0.25, 0.3) is 11.1 Å². The van der Waals surface area contributed by atoms with Gasteiger partial charge >= 0.3 is 5.97 Å². The van der Waals surface area contributed by atoms with E-state index >= 15 is 0 Å². The monoisotopic (exact) mass is 435 g/mol. The number of hydrogen-bond donors (Lipinski definition) is 1. The maximum atomic E-state index is 11.5. The predicted molar refractivity (Wildman–Crippen MR) is 122 cm³/mol. The van der Waals surface area contributed by atoms with Gasteiger partial charge in [-0.3, -0.25) is 0 Å². The molecule has 0 saturated carbocycles. The number of hydrogen-bond acceptors (Lipinski definition) is 5. The maximum Gasteiger partial charge on any atom is 0.336 e. The number of carboxylic acid groups (broad SMARTS) is 1. The Balaban J connectivity index is 1.92. The minimum absolute atomic E-state index is 0.283. The second-order valence-electron chi connectivity index (χ2n) is 7.34. The molecule has 0 aliphatic rings. The van der Waals surface area contributed by atoms with Gasteiger partial charge in [0.2, 0.25) is 11.6 Å². The molecule has 0 bridgehead atoms.